The lowest BCUT2D eigenvalue weighted by Crippen LogP contribution is -2.33. The van der Waals surface area contributed by atoms with Crippen molar-refractivity contribution in [2.45, 2.75) is 18.9 Å². The Hall–Kier alpha value is -2.76. The van der Waals surface area contributed by atoms with Crippen LogP contribution in [0.4, 0.5) is 0 Å². The molecule has 0 aliphatic heterocycles. The van der Waals surface area contributed by atoms with Gasteiger partial charge in [0.15, 0.2) is 0 Å². The molecular formula is C23H27N3O2. The van der Waals surface area contributed by atoms with Crippen LogP contribution < -0.4 is 4.74 Å². The molecule has 0 radical (unpaired) electrons. The van der Waals surface area contributed by atoms with E-state index in [0.29, 0.717) is 6.54 Å². The predicted octanol–water partition coefficient (Wildman–Crippen LogP) is 3.31. The Bertz CT molecular complexity index is 767. The number of methoxy groups -OCH3 is 1. The first kappa shape index (κ1) is 20.0. The zero-order valence-electron chi connectivity index (χ0n) is 16.2. The van der Waals surface area contributed by atoms with Crippen molar-refractivity contribution >= 4 is 0 Å². The van der Waals surface area contributed by atoms with E-state index in [1.807, 2.05) is 73.1 Å². The van der Waals surface area contributed by atoms with Crippen LogP contribution in [0.1, 0.15) is 23.1 Å². The normalized spacial score (nSPS) is 12.1. The Morgan fingerprint density at radius 1 is 0.857 bits per heavy atom. The highest BCUT2D eigenvalue weighted by atomic mass is 16.5. The number of hydrogen-bond donors (Lipinski definition) is 1. The zero-order valence-corrected chi connectivity index (χ0v) is 16.2. The van der Waals surface area contributed by atoms with Gasteiger partial charge in [-0.15, -0.1) is 0 Å². The van der Waals surface area contributed by atoms with Crippen LogP contribution in [0.25, 0.3) is 0 Å². The zero-order chi connectivity index (χ0) is 19.6. The highest BCUT2D eigenvalue weighted by Gasteiger charge is 2.14. The van der Waals surface area contributed by atoms with Crippen molar-refractivity contribution in [3.63, 3.8) is 0 Å². The molecule has 3 aromatic rings. The minimum absolute atomic E-state index is 0.557. The molecule has 0 aliphatic rings. The van der Waals surface area contributed by atoms with E-state index in [1.165, 1.54) is 0 Å². The molecule has 28 heavy (non-hydrogen) atoms. The number of hydrogen-bond acceptors (Lipinski definition) is 5. The van der Waals surface area contributed by atoms with Crippen molar-refractivity contribution in [2.75, 3.05) is 26.7 Å². The fraction of sp³-hybridized carbons (Fsp3) is 0.304. The summed E-state index contributed by atoms with van der Waals surface area (Å²) in [7, 11) is 1.64. The number of aliphatic hydroxyl groups is 1. The lowest BCUT2D eigenvalue weighted by molar-refractivity contribution is 0.114. The molecule has 0 amide bonds. The largest absolute Gasteiger partial charge is 0.497 e. The molecule has 1 N–H and O–H groups in total. The number of nitrogens with zero attached hydrogens (tertiary/aromatic N) is 3. The lowest BCUT2D eigenvalue weighted by atomic mass is 10.1. The second-order valence-electron chi connectivity index (χ2n) is 6.73. The maximum Gasteiger partial charge on any atom is 0.118 e. The minimum atomic E-state index is -0.557. The van der Waals surface area contributed by atoms with Gasteiger partial charge >= 0.3 is 0 Å². The Morgan fingerprint density at radius 2 is 1.43 bits per heavy atom. The molecule has 0 saturated heterocycles. The van der Waals surface area contributed by atoms with E-state index in [2.05, 4.69) is 14.9 Å². The maximum atomic E-state index is 10.7. The maximum absolute atomic E-state index is 10.7. The van der Waals surface area contributed by atoms with Gasteiger partial charge in [-0.2, -0.15) is 0 Å². The molecule has 5 heteroatoms. The van der Waals surface area contributed by atoms with Gasteiger partial charge in [-0.3, -0.25) is 14.9 Å². The van der Waals surface area contributed by atoms with Crippen LogP contribution >= 0.6 is 0 Å². The SMILES string of the molecule is COc1ccc(C(O)CN(CCc2ccccn2)CCc2ccccn2)cc1. The van der Waals surface area contributed by atoms with Crippen molar-refractivity contribution in [3.8, 4) is 5.75 Å². The topological polar surface area (TPSA) is 58.5 Å². The first-order chi connectivity index (χ1) is 13.7. The summed E-state index contributed by atoms with van der Waals surface area (Å²) in [6, 6.07) is 19.5. The van der Waals surface area contributed by atoms with Crippen LogP contribution in [0.5, 0.6) is 5.75 Å². The van der Waals surface area contributed by atoms with Gasteiger partial charge in [0.25, 0.3) is 0 Å². The minimum Gasteiger partial charge on any atom is -0.497 e. The van der Waals surface area contributed by atoms with Gasteiger partial charge in [-0.25, -0.2) is 0 Å². The van der Waals surface area contributed by atoms with E-state index in [1.54, 1.807) is 7.11 Å². The van der Waals surface area contributed by atoms with Gasteiger partial charge in [-0.1, -0.05) is 24.3 Å². The van der Waals surface area contributed by atoms with E-state index in [-0.39, 0.29) is 0 Å². The lowest BCUT2D eigenvalue weighted by Gasteiger charge is -2.25. The van der Waals surface area contributed by atoms with Crippen molar-refractivity contribution in [1.82, 2.24) is 14.9 Å². The summed E-state index contributed by atoms with van der Waals surface area (Å²) in [6.45, 7) is 2.22. The van der Waals surface area contributed by atoms with Crippen LogP contribution in [0.3, 0.4) is 0 Å². The van der Waals surface area contributed by atoms with Crippen LogP contribution in [-0.2, 0) is 12.8 Å². The van der Waals surface area contributed by atoms with Crippen molar-refractivity contribution in [1.29, 1.82) is 0 Å². The first-order valence-corrected chi connectivity index (χ1v) is 9.59. The average molecular weight is 377 g/mol. The number of benzene rings is 1. The van der Waals surface area contributed by atoms with E-state index in [4.69, 9.17) is 4.74 Å². The number of rotatable bonds is 10. The van der Waals surface area contributed by atoms with Crippen LogP contribution in [-0.4, -0.2) is 46.7 Å². The van der Waals surface area contributed by atoms with E-state index < -0.39 is 6.10 Å². The molecule has 0 bridgehead atoms. The second kappa shape index (κ2) is 10.5. The third-order valence-corrected chi connectivity index (χ3v) is 4.75. The van der Waals surface area contributed by atoms with Crippen molar-refractivity contribution in [3.05, 3.63) is 90.0 Å². The molecule has 1 unspecified atom stereocenters. The Kier molecular flexibility index (Phi) is 7.53. The summed E-state index contributed by atoms with van der Waals surface area (Å²) in [5.74, 6) is 0.790. The Labute approximate surface area is 166 Å². The fourth-order valence-corrected chi connectivity index (χ4v) is 3.11. The molecule has 1 aromatic carbocycles. The van der Waals surface area contributed by atoms with Crippen LogP contribution in [0.2, 0.25) is 0 Å². The average Bonchev–Trinajstić information content (AvgIpc) is 2.77. The number of aromatic nitrogens is 2. The van der Waals surface area contributed by atoms with Gasteiger partial charge in [0.1, 0.15) is 5.75 Å². The molecule has 0 fully saturated rings. The number of pyridine rings is 2. The van der Waals surface area contributed by atoms with Gasteiger partial charge in [0.2, 0.25) is 0 Å². The number of ether oxygens (including phenoxy) is 1. The summed E-state index contributed by atoms with van der Waals surface area (Å²) < 4.78 is 5.20. The fourth-order valence-electron chi connectivity index (χ4n) is 3.11. The molecular weight excluding hydrogens is 350 g/mol. The predicted molar refractivity (Wildman–Crippen MR) is 110 cm³/mol. The summed E-state index contributed by atoms with van der Waals surface area (Å²) in [4.78, 5) is 11.1. The van der Waals surface area contributed by atoms with Crippen molar-refractivity contribution in [2.24, 2.45) is 0 Å². The van der Waals surface area contributed by atoms with Gasteiger partial charge < -0.3 is 9.84 Å². The van der Waals surface area contributed by atoms with Crippen LogP contribution in [0.15, 0.2) is 73.1 Å². The molecule has 0 aliphatic carbocycles. The summed E-state index contributed by atoms with van der Waals surface area (Å²) in [5.41, 5.74) is 3.01. The molecule has 5 nitrogen and oxygen atoms in total. The van der Waals surface area contributed by atoms with Gasteiger partial charge in [-0.05, 0) is 42.0 Å². The molecule has 146 valence electrons. The molecule has 3 rings (SSSR count). The number of aliphatic hydroxyl groups excluding tert-OH is 1. The highest BCUT2D eigenvalue weighted by Crippen LogP contribution is 2.19. The summed E-state index contributed by atoms with van der Waals surface area (Å²) in [5, 5.41) is 10.7. The van der Waals surface area contributed by atoms with E-state index >= 15 is 0 Å². The van der Waals surface area contributed by atoms with Gasteiger partial charge in [0, 0.05) is 56.3 Å². The second-order valence-corrected chi connectivity index (χ2v) is 6.73. The third-order valence-electron chi connectivity index (χ3n) is 4.75. The molecule has 0 spiro atoms. The summed E-state index contributed by atoms with van der Waals surface area (Å²) in [6.07, 6.45) is 4.77. The van der Waals surface area contributed by atoms with Crippen LogP contribution in [0, 0.1) is 0 Å². The van der Waals surface area contributed by atoms with Gasteiger partial charge in [0.05, 0.1) is 13.2 Å². The first-order valence-electron chi connectivity index (χ1n) is 9.59. The molecule has 1 atom stereocenters. The standard InChI is InChI=1S/C23H27N3O2/c1-28-22-10-8-19(9-11-22)23(27)18-26(16-12-20-6-2-4-14-24-20)17-13-21-7-3-5-15-25-21/h2-11,14-15,23,27H,12-13,16-18H2,1H3. The highest BCUT2D eigenvalue weighted by molar-refractivity contribution is 5.28. The molecule has 2 heterocycles. The monoisotopic (exact) mass is 377 g/mol. The Balaban J connectivity index is 1.63. The molecule has 2 aromatic heterocycles. The van der Waals surface area contributed by atoms with E-state index in [0.717, 1.165) is 48.6 Å². The quantitative estimate of drug-likeness (QED) is 0.587. The molecule has 0 saturated carbocycles. The Morgan fingerprint density at radius 3 is 1.89 bits per heavy atom. The smallest absolute Gasteiger partial charge is 0.118 e. The third kappa shape index (κ3) is 6.15. The summed E-state index contributed by atoms with van der Waals surface area (Å²) >= 11 is 0. The van der Waals surface area contributed by atoms with E-state index in [9.17, 15) is 5.11 Å². The van der Waals surface area contributed by atoms with Crippen molar-refractivity contribution < 1.29 is 9.84 Å².